The van der Waals surface area contributed by atoms with Gasteiger partial charge in [-0.15, -0.1) is 0 Å². The van der Waals surface area contributed by atoms with Gasteiger partial charge in [-0.3, -0.25) is 0 Å². The van der Waals surface area contributed by atoms with E-state index in [1.165, 1.54) is 0 Å². The van der Waals surface area contributed by atoms with Crippen LogP contribution >= 0.6 is 22.6 Å². The maximum absolute atomic E-state index is 12.3. The van der Waals surface area contributed by atoms with Crippen LogP contribution in [0.5, 0.6) is 5.75 Å². The second kappa shape index (κ2) is 5.96. The Hall–Kier alpha value is -1.08. The van der Waals surface area contributed by atoms with Crippen molar-refractivity contribution in [2.75, 3.05) is 0 Å². The average Bonchev–Trinajstić information content (AvgIpc) is 2.38. The molecule has 0 heterocycles. The fourth-order valence-electron chi connectivity index (χ4n) is 1.83. The second-order valence-electron chi connectivity index (χ2n) is 5.74. The molecule has 0 radical (unpaired) electrons. The normalized spacial score (nSPS) is 12.2. The van der Waals surface area contributed by atoms with Gasteiger partial charge >= 0.3 is 10.1 Å². The molecule has 0 saturated heterocycles. The van der Waals surface area contributed by atoms with Gasteiger partial charge < -0.3 is 4.18 Å². The summed E-state index contributed by atoms with van der Waals surface area (Å²) < 4.78 is 30.4. The summed E-state index contributed by atoms with van der Waals surface area (Å²) in [6.07, 6.45) is 0. The zero-order valence-electron chi connectivity index (χ0n) is 12.1. The van der Waals surface area contributed by atoms with Crippen molar-refractivity contribution in [1.82, 2.24) is 0 Å². The molecule has 0 aliphatic heterocycles. The maximum atomic E-state index is 12.3. The van der Waals surface area contributed by atoms with Crippen molar-refractivity contribution in [3.63, 3.8) is 0 Å². The Bertz CT molecular complexity index is 729. The zero-order chi connectivity index (χ0) is 15.7. The molecule has 0 N–H and O–H groups in total. The fraction of sp³-hybridized carbons (Fsp3) is 0.250. The summed E-state index contributed by atoms with van der Waals surface area (Å²) in [5.74, 6) is 0.322. The second-order valence-corrected chi connectivity index (χ2v) is 8.42. The Balaban J connectivity index is 2.28. The van der Waals surface area contributed by atoms with E-state index in [0.29, 0.717) is 9.32 Å². The van der Waals surface area contributed by atoms with E-state index < -0.39 is 10.1 Å². The minimum absolute atomic E-state index is 0.0201. The van der Waals surface area contributed by atoms with Crippen LogP contribution in [0.3, 0.4) is 0 Å². The fourth-order valence-corrected chi connectivity index (χ4v) is 4.03. The molecule has 0 aromatic heterocycles. The van der Waals surface area contributed by atoms with E-state index in [-0.39, 0.29) is 10.3 Å². The minimum atomic E-state index is -3.80. The Kier molecular flexibility index (Phi) is 4.63. The van der Waals surface area contributed by atoms with Gasteiger partial charge in [0.15, 0.2) is 0 Å². The smallest absolute Gasteiger partial charge is 0.340 e. The first-order valence-electron chi connectivity index (χ1n) is 6.50. The van der Waals surface area contributed by atoms with Crippen LogP contribution in [-0.4, -0.2) is 8.42 Å². The molecule has 2 rings (SSSR count). The predicted molar refractivity (Wildman–Crippen MR) is 92.1 cm³/mol. The largest absolute Gasteiger partial charge is 0.379 e. The molecule has 0 bridgehead atoms. The van der Waals surface area contributed by atoms with E-state index in [1.54, 1.807) is 36.4 Å². The molecule has 0 spiro atoms. The van der Waals surface area contributed by atoms with Crippen molar-refractivity contribution in [2.24, 2.45) is 0 Å². The minimum Gasteiger partial charge on any atom is -0.379 e. The lowest BCUT2D eigenvalue weighted by molar-refractivity contribution is 0.485. The van der Waals surface area contributed by atoms with Gasteiger partial charge in [0, 0.05) is 3.57 Å². The standard InChI is InChI=1S/C16H17IO3S/c1-16(2,3)12-8-10-13(11-9-12)20-21(18,19)15-7-5-4-6-14(15)17/h4-11H,1-3H3. The number of hydrogen-bond donors (Lipinski definition) is 0. The van der Waals surface area contributed by atoms with Crippen LogP contribution in [0.25, 0.3) is 0 Å². The molecule has 112 valence electrons. The van der Waals surface area contributed by atoms with Crippen molar-refractivity contribution >= 4 is 32.7 Å². The number of halogens is 1. The summed E-state index contributed by atoms with van der Waals surface area (Å²) in [6, 6.07) is 13.9. The van der Waals surface area contributed by atoms with Crippen LogP contribution in [0.2, 0.25) is 0 Å². The monoisotopic (exact) mass is 416 g/mol. The van der Waals surface area contributed by atoms with Gasteiger partial charge in [0.25, 0.3) is 0 Å². The molecule has 3 nitrogen and oxygen atoms in total. The summed E-state index contributed by atoms with van der Waals surface area (Å²) in [4.78, 5) is 0.186. The lowest BCUT2D eigenvalue weighted by atomic mass is 9.87. The number of rotatable bonds is 3. The molecule has 0 fully saturated rings. The molecule has 0 aliphatic rings. The Morgan fingerprint density at radius 2 is 1.52 bits per heavy atom. The zero-order valence-corrected chi connectivity index (χ0v) is 15.1. The molecule has 21 heavy (non-hydrogen) atoms. The molecular weight excluding hydrogens is 399 g/mol. The third-order valence-corrected chi connectivity index (χ3v) is 5.65. The highest BCUT2D eigenvalue weighted by Gasteiger charge is 2.20. The molecular formula is C16H17IO3S. The Morgan fingerprint density at radius 1 is 0.952 bits per heavy atom. The van der Waals surface area contributed by atoms with Gasteiger partial charge in [-0.2, -0.15) is 8.42 Å². The van der Waals surface area contributed by atoms with E-state index in [1.807, 2.05) is 34.7 Å². The highest BCUT2D eigenvalue weighted by Crippen LogP contribution is 2.26. The Morgan fingerprint density at radius 3 is 2.05 bits per heavy atom. The van der Waals surface area contributed by atoms with E-state index in [0.717, 1.165) is 5.56 Å². The van der Waals surface area contributed by atoms with Crippen molar-refractivity contribution in [3.05, 3.63) is 57.7 Å². The molecule has 0 saturated carbocycles. The van der Waals surface area contributed by atoms with Crippen molar-refractivity contribution in [1.29, 1.82) is 0 Å². The first-order chi connectivity index (χ1) is 9.70. The van der Waals surface area contributed by atoms with Crippen LogP contribution in [0, 0.1) is 3.57 Å². The van der Waals surface area contributed by atoms with Gasteiger partial charge in [0.1, 0.15) is 10.6 Å². The van der Waals surface area contributed by atoms with Crippen LogP contribution in [-0.2, 0) is 15.5 Å². The summed E-state index contributed by atoms with van der Waals surface area (Å²) >= 11 is 1.98. The molecule has 2 aromatic carbocycles. The SMILES string of the molecule is CC(C)(C)c1ccc(OS(=O)(=O)c2ccccc2I)cc1. The van der Waals surface area contributed by atoms with Crippen LogP contribution in [0.15, 0.2) is 53.4 Å². The summed E-state index contributed by atoms with van der Waals surface area (Å²) in [7, 11) is -3.80. The van der Waals surface area contributed by atoms with E-state index in [2.05, 4.69) is 20.8 Å². The van der Waals surface area contributed by atoms with Gasteiger partial charge in [0.2, 0.25) is 0 Å². The van der Waals surface area contributed by atoms with Crippen LogP contribution in [0.1, 0.15) is 26.3 Å². The number of hydrogen-bond acceptors (Lipinski definition) is 3. The lowest BCUT2D eigenvalue weighted by Gasteiger charge is -2.19. The molecule has 0 atom stereocenters. The molecule has 0 unspecified atom stereocenters. The van der Waals surface area contributed by atoms with E-state index in [9.17, 15) is 8.42 Å². The third kappa shape index (κ3) is 3.97. The maximum Gasteiger partial charge on any atom is 0.340 e. The van der Waals surface area contributed by atoms with Crippen molar-refractivity contribution in [2.45, 2.75) is 31.1 Å². The average molecular weight is 416 g/mol. The first kappa shape index (κ1) is 16.3. The summed E-state index contributed by atoms with van der Waals surface area (Å²) in [6.45, 7) is 6.31. The molecule has 2 aromatic rings. The predicted octanol–water partition coefficient (Wildman–Crippen LogP) is 4.36. The first-order valence-corrected chi connectivity index (χ1v) is 8.98. The van der Waals surface area contributed by atoms with Crippen molar-refractivity contribution in [3.8, 4) is 5.75 Å². The van der Waals surface area contributed by atoms with Gasteiger partial charge in [-0.05, 0) is 57.8 Å². The highest BCUT2D eigenvalue weighted by molar-refractivity contribution is 14.1. The van der Waals surface area contributed by atoms with Gasteiger partial charge in [-0.25, -0.2) is 0 Å². The number of benzene rings is 2. The Labute approximate surface area is 139 Å². The third-order valence-electron chi connectivity index (χ3n) is 3.03. The lowest BCUT2D eigenvalue weighted by Crippen LogP contribution is -2.13. The van der Waals surface area contributed by atoms with E-state index in [4.69, 9.17) is 4.18 Å². The van der Waals surface area contributed by atoms with Crippen LogP contribution < -0.4 is 4.18 Å². The highest BCUT2D eigenvalue weighted by atomic mass is 127. The molecule has 0 aliphatic carbocycles. The topological polar surface area (TPSA) is 43.4 Å². The van der Waals surface area contributed by atoms with Crippen molar-refractivity contribution < 1.29 is 12.6 Å². The van der Waals surface area contributed by atoms with Gasteiger partial charge in [0.05, 0.1) is 0 Å². The molecule has 0 amide bonds. The van der Waals surface area contributed by atoms with E-state index >= 15 is 0 Å². The van der Waals surface area contributed by atoms with Gasteiger partial charge in [-0.1, -0.05) is 45.0 Å². The molecule has 5 heteroatoms. The summed E-state index contributed by atoms with van der Waals surface area (Å²) in [5.41, 5.74) is 1.15. The summed E-state index contributed by atoms with van der Waals surface area (Å²) in [5, 5.41) is 0. The van der Waals surface area contributed by atoms with Crippen LogP contribution in [0.4, 0.5) is 0 Å². The quantitative estimate of drug-likeness (QED) is 0.552.